The van der Waals surface area contributed by atoms with Gasteiger partial charge in [-0.25, -0.2) is 0 Å². The van der Waals surface area contributed by atoms with Gasteiger partial charge in [-0.1, -0.05) is 109 Å². The molecule has 34 heavy (non-hydrogen) atoms. The lowest BCUT2D eigenvalue weighted by Gasteiger charge is -2.61. The molecule has 0 saturated heterocycles. The third-order valence-corrected chi connectivity index (χ3v) is 7.81. The molecule has 0 heterocycles. The van der Waals surface area contributed by atoms with Crippen molar-refractivity contribution in [3.8, 4) is 0 Å². The molecular formula is C30H22O4. The number of hydrogen-bond donors (Lipinski definition) is 2. The standard InChI is InChI=1S/C30H22O4/c31-27(32)25-26(28(33)34)30(20-13-5-2-6-14-20)23-17-9-7-15-21(23)29(25,19-11-3-1-4-12-19)22-16-8-10-18-24(22)30/h1-18,25-26H,(H,31,32)(H,33,34). The van der Waals surface area contributed by atoms with E-state index >= 15 is 0 Å². The third-order valence-electron chi connectivity index (χ3n) is 7.81. The number of carboxylic acids is 2. The third kappa shape index (κ3) is 2.27. The van der Waals surface area contributed by atoms with Gasteiger partial charge >= 0.3 is 11.9 Å². The number of benzene rings is 4. The number of aliphatic carboxylic acids is 2. The normalized spacial score (nSPS) is 26.4. The summed E-state index contributed by atoms with van der Waals surface area (Å²) in [5.41, 5.74) is 2.72. The average molecular weight is 447 g/mol. The SMILES string of the molecule is O=C(O)C1C(C(=O)O)C2(c3ccccc3)c3ccccc3C1(c1ccccc1)c1ccccc12. The molecule has 0 spiro atoms. The summed E-state index contributed by atoms with van der Waals surface area (Å²) < 4.78 is 0. The predicted molar refractivity (Wildman–Crippen MR) is 128 cm³/mol. The highest BCUT2D eigenvalue weighted by molar-refractivity contribution is 5.92. The van der Waals surface area contributed by atoms with Crippen LogP contribution in [-0.4, -0.2) is 22.2 Å². The maximum Gasteiger partial charge on any atom is 0.309 e. The van der Waals surface area contributed by atoms with Gasteiger partial charge in [0.05, 0.1) is 22.7 Å². The first-order chi connectivity index (χ1) is 16.6. The minimum Gasteiger partial charge on any atom is -0.481 e. The molecular weight excluding hydrogens is 424 g/mol. The van der Waals surface area contributed by atoms with Crippen LogP contribution in [0.4, 0.5) is 0 Å². The molecule has 4 heteroatoms. The van der Waals surface area contributed by atoms with Gasteiger partial charge in [0.15, 0.2) is 0 Å². The number of hydrogen-bond acceptors (Lipinski definition) is 2. The van der Waals surface area contributed by atoms with Crippen molar-refractivity contribution in [1.29, 1.82) is 0 Å². The second kappa shape index (κ2) is 7.16. The van der Waals surface area contributed by atoms with Gasteiger partial charge in [0.2, 0.25) is 0 Å². The van der Waals surface area contributed by atoms with Crippen LogP contribution in [0.1, 0.15) is 33.4 Å². The number of carbonyl (C=O) groups is 2. The smallest absolute Gasteiger partial charge is 0.309 e. The molecule has 2 bridgehead atoms. The average Bonchev–Trinajstić information content (AvgIpc) is 2.89. The Morgan fingerprint density at radius 3 is 1.00 bits per heavy atom. The summed E-state index contributed by atoms with van der Waals surface area (Å²) in [6.07, 6.45) is 0. The minimum absolute atomic E-state index is 0.787. The van der Waals surface area contributed by atoms with E-state index in [4.69, 9.17) is 0 Å². The molecule has 2 atom stereocenters. The second-order valence-electron chi connectivity index (χ2n) is 9.07. The Hall–Kier alpha value is -4.18. The molecule has 3 aliphatic rings. The van der Waals surface area contributed by atoms with Crippen LogP contribution in [-0.2, 0) is 20.4 Å². The zero-order chi connectivity index (χ0) is 23.5. The van der Waals surface area contributed by atoms with E-state index in [9.17, 15) is 19.8 Å². The van der Waals surface area contributed by atoms with Gasteiger partial charge < -0.3 is 10.2 Å². The van der Waals surface area contributed by atoms with Crippen molar-refractivity contribution < 1.29 is 19.8 Å². The highest BCUT2D eigenvalue weighted by Gasteiger charge is 2.70. The zero-order valence-corrected chi connectivity index (χ0v) is 18.3. The van der Waals surface area contributed by atoms with Gasteiger partial charge in [-0.3, -0.25) is 9.59 Å². The van der Waals surface area contributed by atoms with E-state index in [2.05, 4.69) is 0 Å². The van der Waals surface area contributed by atoms with Crippen LogP contribution >= 0.6 is 0 Å². The van der Waals surface area contributed by atoms with Gasteiger partial charge in [-0.05, 0) is 33.4 Å². The largest absolute Gasteiger partial charge is 0.481 e. The molecule has 3 aliphatic carbocycles. The van der Waals surface area contributed by atoms with Crippen LogP contribution in [0.25, 0.3) is 0 Å². The van der Waals surface area contributed by atoms with Crippen LogP contribution in [0.3, 0.4) is 0 Å². The molecule has 7 rings (SSSR count). The fraction of sp³-hybridized carbons (Fsp3) is 0.133. The summed E-state index contributed by atoms with van der Waals surface area (Å²) in [7, 11) is 0. The maximum absolute atomic E-state index is 13.2. The number of rotatable bonds is 4. The predicted octanol–water partition coefficient (Wildman–Crippen LogP) is 5.08. The first-order valence-electron chi connectivity index (χ1n) is 11.3. The van der Waals surface area contributed by atoms with Crippen molar-refractivity contribution >= 4 is 11.9 Å². The highest BCUT2D eigenvalue weighted by atomic mass is 16.4. The molecule has 0 fully saturated rings. The Kier molecular flexibility index (Phi) is 4.30. The fourth-order valence-electron chi connectivity index (χ4n) is 6.84. The molecule has 0 aromatic heterocycles. The quantitative estimate of drug-likeness (QED) is 0.458. The Morgan fingerprint density at radius 1 is 0.471 bits per heavy atom. The van der Waals surface area contributed by atoms with Crippen molar-refractivity contribution in [1.82, 2.24) is 0 Å². The summed E-state index contributed by atoms with van der Waals surface area (Å²) in [4.78, 5) is 26.3. The van der Waals surface area contributed by atoms with Gasteiger partial charge in [0, 0.05) is 0 Å². The van der Waals surface area contributed by atoms with E-state index < -0.39 is 34.6 Å². The van der Waals surface area contributed by atoms with E-state index in [1.54, 1.807) is 0 Å². The minimum atomic E-state index is -1.21. The summed E-state index contributed by atoms with van der Waals surface area (Å²) in [5.74, 6) is -4.64. The van der Waals surface area contributed by atoms with Crippen LogP contribution < -0.4 is 0 Å². The van der Waals surface area contributed by atoms with E-state index in [1.165, 1.54) is 0 Å². The zero-order valence-electron chi connectivity index (χ0n) is 18.3. The van der Waals surface area contributed by atoms with E-state index in [0.29, 0.717) is 0 Å². The molecule has 4 nitrogen and oxygen atoms in total. The molecule has 2 N–H and O–H groups in total. The lowest BCUT2D eigenvalue weighted by molar-refractivity contribution is -0.159. The highest BCUT2D eigenvalue weighted by Crippen LogP contribution is 2.68. The van der Waals surface area contributed by atoms with Gasteiger partial charge in [-0.2, -0.15) is 0 Å². The van der Waals surface area contributed by atoms with E-state index in [1.807, 2.05) is 109 Å². The fourth-order valence-corrected chi connectivity index (χ4v) is 6.84. The summed E-state index contributed by atoms with van der Waals surface area (Å²) in [5, 5.41) is 21.5. The monoisotopic (exact) mass is 446 g/mol. The van der Waals surface area contributed by atoms with E-state index in [-0.39, 0.29) is 0 Å². The topological polar surface area (TPSA) is 74.6 Å². The van der Waals surface area contributed by atoms with Crippen LogP contribution in [0.15, 0.2) is 109 Å². The Bertz CT molecular complexity index is 1270. The van der Waals surface area contributed by atoms with Crippen LogP contribution in [0, 0.1) is 11.8 Å². The van der Waals surface area contributed by atoms with Crippen molar-refractivity contribution in [2.45, 2.75) is 10.8 Å². The van der Waals surface area contributed by atoms with Crippen molar-refractivity contribution in [3.05, 3.63) is 143 Å². The molecule has 166 valence electrons. The Balaban J connectivity index is 1.91. The van der Waals surface area contributed by atoms with Crippen LogP contribution in [0.2, 0.25) is 0 Å². The molecule has 2 unspecified atom stereocenters. The molecule has 0 aliphatic heterocycles. The lowest BCUT2D eigenvalue weighted by atomic mass is 9.38. The van der Waals surface area contributed by atoms with Gasteiger partial charge in [0.25, 0.3) is 0 Å². The molecule has 4 aromatic carbocycles. The van der Waals surface area contributed by atoms with Crippen molar-refractivity contribution in [3.63, 3.8) is 0 Å². The maximum atomic E-state index is 13.2. The Morgan fingerprint density at radius 2 is 0.735 bits per heavy atom. The molecule has 4 aromatic rings. The number of carboxylic acid groups (broad SMARTS) is 2. The first-order valence-corrected chi connectivity index (χ1v) is 11.3. The van der Waals surface area contributed by atoms with E-state index in [0.717, 1.165) is 33.4 Å². The van der Waals surface area contributed by atoms with Crippen molar-refractivity contribution in [2.24, 2.45) is 11.8 Å². The summed E-state index contributed by atoms with van der Waals surface area (Å²) >= 11 is 0. The lowest BCUT2D eigenvalue weighted by Crippen LogP contribution is -2.65. The molecule has 0 radical (unpaired) electrons. The number of fused-ring (bicyclic) bond motifs is 1. The molecule has 0 amide bonds. The Labute approximate surface area is 197 Å². The van der Waals surface area contributed by atoms with Gasteiger partial charge in [0.1, 0.15) is 0 Å². The summed E-state index contributed by atoms with van der Waals surface area (Å²) in [6.45, 7) is 0. The first kappa shape index (κ1) is 20.4. The van der Waals surface area contributed by atoms with Crippen molar-refractivity contribution in [2.75, 3.05) is 0 Å². The van der Waals surface area contributed by atoms with Crippen LogP contribution in [0.5, 0.6) is 0 Å². The molecule has 0 saturated carbocycles. The summed E-state index contributed by atoms with van der Waals surface area (Å²) in [6, 6.07) is 34.6. The van der Waals surface area contributed by atoms with Gasteiger partial charge in [-0.15, -0.1) is 0 Å². The second-order valence-corrected chi connectivity index (χ2v) is 9.07.